The van der Waals surface area contributed by atoms with Crippen LogP contribution in [0.4, 0.5) is 5.69 Å². The fourth-order valence-corrected chi connectivity index (χ4v) is 4.09. The SMILES string of the molecule is CC(=O)c1cccc(NC(=O)CN2CCS(=O)CC2(C)C)c1. The molecular weight excluding hydrogens is 300 g/mol. The zero-order chi connectivity index (χ0) is 16.3. The van der Waals surface area contributed by atoms with Gasteiger partial charge in [0.05, 0.1) is 6.54 Å². The number of nitrogens with one attached hydrogen (secondary N) is 1. The summed E-state index contributed by atoms with van der Waals surface area (Å²) < 4.78 is 11.7. The van der Waals surface area contributed by atoms with Crippen molar-refractivity contribution in [1.29, 1.82) is 0 Å². The summed E-state index contributed by atoms with van der Waals surface area (Å²) in [6.07, 6.45) is 0. The van der Waals surface area contributed by atoms with Gasteiger partial charge in [0.25, 0.3) is 0 Å². The quantitative estimate of drug-likeness (QED) is 0.856. The van der Waals surface area contributed by atoms with Crippen molar-refractivity contribution < 1.29 is 13.8 Å². The van der Waals surface area contributed by atoms with Gasteiger partial charge in [-0.05, 0) is 32.9 Å². The Hall–Kier alpha value is -1.53. The number of amides is 1. The van der Waals surface area contributed by atoms with Crippen LogP contribution in [0.25, 0.3) is 0 Å². The van der Waals surface area contributed by atoms with E-state index in [0.29, 0.717) is 29.3 Å². The summed E-state index contributed by atoms with van der Waals surface area (Å²) in [7, 11) is -0.802. The van der Waals surface area contributed by atoms with Crippen LogP contribution in [0.2, 0.25) is 0 Å². The van der Waals surface area contributed by atoms with E-state index in [1.54, 1.807) is 24.3 Å². The predicted molar refractivity (Wildman–Crippen MR) is 88.6 cm³/mol. The molecular formula is C16H22N2O3S. The molecule has 1 amide bonds. The van der Waals surface area contributed by atoms with E-state index in [-0.39, 0.29) is 23.8 Å². The molecule has 1 heterocycles. The van der Waals surface area contributed by atoms with Gasteiger partial charge in [-0.25, -0.2) is 0 Å². The number of carbonyl (C=O) groups excluding carboxylic acids is 2. The summed E-state index contributed by atoms with van der Waals surface area (Å²) in [5.74, 6) is 1.04. The van der Waals surface area contributed by atoms with Gasteiger partial charge in [-0.3, -0.25) is 18.7 Å². The summed E-state index contributed by atoms with van der Waals surface area (Å²) in [4.78, 5) is 25.6. The van der Waals surface area contributed by atoms with E-state index in [1.807, 2.05) is 13.8 Å². The Labute approximate surface area is 133 Å². The fraction of sp³-hybridized carbons (Fsp3) is 0.500. The van der Waals surface area contributed by atoms with E-state index < -0.39 is 10.8 Å². The van der Waals surface area contributed by atoms with Gasteiger partial charge < -0.3 is 5.32 Å². The number of Topliss-reactive ketones (excluding diaryl/α,β-unsaturated/α-hetero) is 1. The molecule has 0 saturated carbocycles. The van der Waals surface area contributed by atoms with Crippen molar-refractivity contribution in [2.45, 2.75) is 26.3 Å². The van der Waals surface area contributed by atoms with E-state index >= 15 is 0 Å². The number of hydrogen-bond donors (Lipinski definition) is 1. The number of nitrogens with zero attached hydrogens (tertiary/aromatic N) is 1. The van der Waals surface area contributed by atoms with Crippen molar-refractivity contribution in [2.75, 3.05) is 29.9 Å². The summed E-state index contributed by atoms with van der Waals surface area (Å²) >= 11 is 0. The van der Waals surface area contributed by atoms with Crippen LogP contribution in [0, 0.1) is 0 Å². The van der Waals surface area contributed by atoms with Gasteiger partial charge in [-0.2, -0.15) is 0 Å². The van der Waals surface area contributed by atoms with Crippen molar-refractivity contribution in [2.24, 2.45) is 0 Å². The Balaban J connectivity index is 2.00. The van der Waals surface area contributed by atoms with Crippen LogP contribution in [0.1, 0.15) is 31.1 Å². The minimum absolute atomic E-state index is 0.0317. The van der Waals surface area contributed by atoms with Gasteiger partial charge in [0.1, 0.15) is 0 Å². The number of carbonyl (C=O) groups is 2. The lowest BCUT2D eigenvalue weighted by atomic mass is 10.1. The predicted octanol–water partition coefficient (Wildman–Crippen LogP) is 1.67. The molecule has 0 bridgehead atoms. The maximum Gasteiger partial charge on any atom is 0.238 e. The third-order valence-electron chi connectivity index (χ3n) is 3.85. The summed E-state index contributed by atoms with van der Waals surface area (Å²) in [5.41, 5.74) is 0.949. The van der Waals surface area contributed by atoms with Gasteiger partial charge >= 0.3 is 0 Å². The second-order valence-corrected chi connectivity index (χ2v) is 7.78. The molecule has 6 heteroatoms. The van der Waals surface area contributed by atoms with E-state index in [1.165, 1.54) is 6.92 Å². The van der Waals surface area contributed by atoms with Crippen molar-refractivity contribution >= 4 is 28.2 Å². The molecule has 1 saturated heterocycles. The lowest BCUT2D eigenvalue weighted by Gasteiger charge is -2.41. The van der Waals surface area contributed by atoms with E-state index in [9.17, 15) is 13.8 Å². The first-order chi connectivity index (χ1) is 10.3. The second-order valence-electron chi connectivity index (χ2n) is 6.21. The van der Waals surface area contributed by atoms with E-state index in [2.05, 4.69) is 10.2 Å². The standard InChI is InChI=1S/C16H22N2O3S/c1-12(19)13-5-4-6-14(9-13)17-15(20)10-18-7-8-22(21)11-16(18,2)3/h4-6,9H,7-8,10-11H2,1-3H3,(H,17,20). The molecule has 0 radical (unpaired) electrons. The van der Waals surface area contributed by atoms with Crippen molar-refractivity contribution in [3.63, 3.8) is 0 Å². The summed E-state index contributed by atoms with van der Waals surface area (Å²) in [5, 5.41) is 2.82. The first kappa shape index (κ1) is 16.8. The Morgan fingerprint density at radius 1 is 1.36 bits per heavy atom. The second kappa shape index (κ2) is 6.71. The minimum Gasteiger partial charge on any atom is -0.325 e. The fourth-order valence-electron chi connectivity index (χ4n) is 2.55. The van der Waals surface area contributed by atoms with Gasteiger partial charge in [0, 0.05) is 45.6 Å². The molecule has 0 aromatic heterocycles. The van der Waals surface area contributed by atoms with Gasteiger partial charge in [0.15, 0.2) is 5.78 Å². The molecule has 1 fully saturated rings. The lowest BCUT2D eigenvalue weighted by molar-refractivity contribution is -0.118. The molecule has 22 heavy (non-hydrogen) atoms. The van der Waals surface area contributed by atoms with Crippen LogP contribution >= 0.6 is 0 Å². The topological polar surface area (TPSA) is 66.5 Å². The van der Waals surface area contributed by atoms with E-state index in [0.717, 1.165) is 0 Å². The zero-order valence-electron chi connectivity index (χ0n) is 13.2. The molecule has 1 aromatic carbocycles. The van der Waals surface area contributed by atoms with Crippen LogP contribution in [0.15, 0.2) is 24.3 Å². The Morgan fingerprint density at radius 2 is 2.09 bits per heavy atom. The smallest absolute Gasteiger partial charge is 0.238 e. The number of ketones is 1. The molecule has 1 aliphatic heterocycles. The Bertz CT molecular complexity index is 613. The molecule has 5 nitrogen and oxygen atoms in total. The van der Waals surface area contributed by atoms with Crippen LogP contribution in [0.3, 0.4) is 0 Å². The maximum absolute atomic E-state index is 12.2. The van der Waals surface area contributed by atoms with Crippen LogP contribution < -0.4 is 5.32 Å². The van der Waals surface area contributed by atoms with Gasteiger partial charge in [-0.1, -0.05) is 12.1 Å². The van der Waals surface area contributed by atoms with Crippen LogP contribution in [-0.4, -0.2) is 50.9 Å². The normalized spacial score (nSPS) is 21.3. The lowest BCUT2D eigenvalue weighted by Crippen LogP contribution is -2.55. The monoisotopic (exact) mass is 322 g/mol. The van der Waals surface area contributed by atoms with Crippen molar-refractivity contribution in [3.05, 3.63) is 29.8 Å². The third-order valence-corrected chi connectivity index (χ3v) is 5.51. The summed E-state index contributed by atoms with van der Waals surface area (Å²) in [6, 6.07) is 6.92. The molecule has 0 spiro atoms. The van der Waals surface area contributed by atoms with Gasteiger partial charge in [-0.15, -0.1) is 0 Å². The molecule has 1 unspecified atom stereocenters. The summed E-state index contributed by atoms with van der Waals surface area (Å²) in [6.45, 7) is 6.42. The maximum atomic E-state index is 12.2. The third kappa shape index (κ3) is 4.24. The number of anilines is 1. The highest BCUT2D eigenvalue weighted by Crippen LogP contribution is 2.20. The first-order valence-electron chi connectivity index (χ1n) is 7.29. The Morgan fingerprint density at radius 3 is 2.73 bits per heavy atom. The molecule has 1 atom stereocenters. The average Bonchev–Trinajstić information content (AvgIpc) is 2.41. The number of benzene rings is 1. The minimum atomic E-state index is -0.802. The molecule has 0 aliphatic carbocycles. The highest BCUT2D eigenvalue weighted by atomic mass is 32.2. The molecule has 1 aliphatic rings. The molecule has 1 aromatic rings. The number of hydrogen-bond acceptors (Lipinski definition) is 4. The molecule has 120 valence electrons. The Kier molecular flexibility index (Phi) is 5.13. The van der Waals surface area contributed by atoms with Gasteiger partial charge in [0.2, 0.25) is 5.91 Å². The number of rotatable bonds is 4. The van der Waals surface area contributed by atoms with Crippen LogP contribution in [-0.2, 0) is 15.6 Å². The van der Waals surface area contributed by atoms with Crippen molar-refractivity contribution in [1.82, 2.24) is 4.90 Å². The highest BCUT2D eigenvalue weighted by molar-refractivity contribution is 7.85. The zero-order valence-corrected chi connectivity index (χ0v) is 14.0. The molecule has 1 N–H and O–H groups in total. The van der Waals surface area contributed by atoms with E-state index in [4.69, 9.17) is 0 Å². The average molecular weight is 322 g/mol. The van der Waals surface area contributed by atoms with Crippen molar-refractivity contribution in [3.8, 4) is 0 Å². The molecule has 2 rings (SSSR count). The first-order valence-corrected chi connectivity index (χ1v) is 8.77. The van der Waals surface area contributed by atoms with Crippen LogP contribution in [0.5, 0.6) is 0 Å². The largest absolute Gasteiger partial charge is 0.325 e. The highest BCUT2D eigenvalue weighted by Gasteiger charge is 2.34.